The molecule has 0 heterocycles. The molecule has 0 aliphatic rings. The van der Waals surface area contributed by atoms with Gasteiger partial charge in [0.25, 0.3) is 5.91 Å². The van der Waals surface area contributed by atoms with Crippen LogP contribution in [0.15, 0.2) is 46.9 Å². The minimum Gasteiger partial charge on any atom is -0.506 e. The van der Waals surface area contributed by atoms with Crippen molar-refractivity contribution in [3.63, 3.8) is 0 Å². The van der Waals surface area contributed by atoms with Gasteiger partial charge in [-0.1, -0.05) is 30.3 Å². The predicted molar refractivity (Wildman–Crippen MR) is 102 cm³/mol. The molecule has 0 aromatic heterocycles. The van der Waals surface area contributed by atoms with E-state index in [4.69, 9.17) is 5.73 Å². The van der Waals surface area contributed by atoms with Crippen LogP contribution in [-0.2, 0) is 6.42 Å². The molecule has 2 aromatic carbocycles. The number of amides is 1. The number of aryl methyl sites for hydroxylation is 1. The van der Waals surface area contributed by atoms with Crippen LogP contribution in [0.25, 0.3) is 0 Å². The van der Waals surface area contributed by atoms with Crippen LogP contribution in [0.2, 0.25) is 0 Å². The Balaban J connectivity index is 1.91. The zero-order chi connectivity index (χ0) is 18.4. The van der Waals surface area contributed by atoms with Gasteiger partial charge in [-0.3, -0.25) is 4.79 Å². The first-order valence-corrected chi connectivity index (χ1v) is 8.95. The standard InChI is InChI=1S/C19H23BrN2O3/c1-12(7-8-13-5-3-2-4-6-13)22-11-17(23)14-9-15(19(21)25)18(24)16(20)10-14/h2-6,9-10,12,17,22-24H,7-8,11H2,1H3,(H2,21,25)/t12?,17-/m0/s1. The van der Waals surface area contributed by atoms with Crippen LogP contribution in [-0.4, -0.2) is 28.7 Å². The van der Waals surface area contributed by atoms with E-state index in [9.17, 15) is 15.0 Å². The van der Waals surface area contributed by atoms with Crippen LogP contribution < -0.4 is 11.1 Å². The quantitative estimate of drug-likeness (QED) is 0.541. The summed E-state index contributed by atoms with van der Waals surface area (Å²) in [4.78, 5) is 11.4. The third-order valence-electron chi connectivity index (χ3n) is 4.10. The molecule has 6 heteroatoms. The Labute approximate surface area is 156 Å². The van der Waals surface area contributed by atoms with Crippen molar-refractivity contribution >= 4 is 21.8 Å². The highest BCUT2D eigenvalue weighted by atomic mass is 79.9. The van der Waals surface area contributed by atoms with Crippen LogP contribution >= 0.6 is 15.9 Å². The number of rotatable bonds is 8. The number of hydrogen-bond acceptors (Lipinski definition) is 4. The molecule has 0 saturated heterocycles. The topological polar surface area (TPSA) is 95.6 Å². The van der Waals surface area contributed by atoms with E-state index in [1.54, 1.807) is 6.07 Å². The normalized spacial score (nSPS) is 13.4. The van der Waals surface area contributed by atoms with Gasteiger partial charge < -0.3 is 21.3 Å². The SMILES string of the molecule is CC(CCc1ccccc1)NC[C@H](O)c1cc(Br)c(O)c(C(N)=O)c1. The Kier molecular flexibility index (Phi) is 6.99. The second-order valence-corrected chi connectivity index (χ2v) is 6.97. The molecular formula is C19H23BrN2O3. The van der Waals surface area contributed by atoms with Gasteiger partial charge in [0.15, 0.2) is 0 Å². The lowest BCUT2D eigenvalue weighted by molar-refractivity contribution is 0.0997. The molecule has 0 aliphatic heterocycles. The summed E-state index contributed by atoms with van der Waals surface area (Å²) < 4.78 is 0.329. The van der Waals surface area contributed by atoms with Crippen molar-refractivity contribution in [2.24, 2.45) is 5.73 Å². The van der Waals surface area contributed by atoms with E-state index in [-0.39, 0.29) is 17.4 Å². The summed E-state index contributed by atoms with van der Waals surface area (Å²) in [6.45, 7) is 2.41. The average molecular weight is 407 g/mol. The smallest absolute Gasteiger partial charge is 0.252 e. The molecule has 0 fully saturated rings. The van der Waals surface area contributed by atoms with E-state index < -0.39 is 12.0 Å². The second kappa shape index (κ2) is 8.99. The van der Waals surface area contributed by atoms with Crippen molar-refractivity contribution in [2.45, 2.75) is 31.9 Å². The van der Waals surface area contributed by atoms with Crippen LogP contribution in [0.3, 0.4) is 0 Å². The fraction of sp³-hybridized carbons (Fsp3) is 0.316. The lowest BCUT2D eigenvalue weighted by Gasteiger charge is -2.18. The minimum absolute atomic E-state index is 0.0134. The number of primary amides is 1. The first-order valence-electron chi connectivity index (χ1n) is 8.16. The van der Waals surface area contributed by atoms with Crippen molar-refractivity contribution in [1.82, 2.24) is 5.32 Å². The van der Waals surface area contributed by atoms with Crippen molar-refractivity contribution in [1.29, 1.82) is 0 Å². The van der Waals surface area contributed by atoms with Crippen LogP contribution in [0.4, 0.5) is 0 Å². The molecule has 0 spiro atoms. The van der Waals surface area contributed by atoms with Gasteiger partial charge >= 0.3 is 0 Å². The van der Waals surface area contributed by atoms with E-state index in [1.165, 1.54) is 11.6 Å². The Hall–Kier alpha value is -1.89. The number of nitrogens with one attached hydrogen (secondary N) is 1. The van der Waals surface area contributed by atoms with Crippen LogP contribution in [0, 0.1) is 0 Å². The van der Waals surface area contributed by atoms with Crippen molar-refractivity contribution in [2.75, 3.05) is 6.54 Å². The third-order valence-corrected chi connectivity index (χ3v) is 4.71. The summed E-state index contributed by atoms with van der Waals surface area (Å²) in [7, 11) is 0. The van der Waals surface area contributed by atoms with Crippen LogP contribution in [0.5, 0.6) is 5.75 Å². The maximum absolute atomic E-state index is 11.4. The Bertz CT molecular complexity index is 722. The average Bonchev–Trinajstić information content (AvgIpc) is 2.60. The molecule has 1 amide bonds. The monoisotopic (exact) mass is 406 g/mol. The maximum Gasteiger partial charge on any atom is 0.252 e. The molecule has 134 valence electrons. The number of nitrogens with two attached hydrogens (primary N) is 1. The minimum atomic E-state index is -0.811. The van der Waals surface area contributed by atoms with Gasteiger partial charge in [0, 0.05) is 12.6 Å². The molecule has 2 aromatic rings. The number of aliphatic hydroxyl groups is 1. The van der Waals surface area contributed by atoms with Gasteiger partial charge in [0.05, 0.1) is 16.1 Å². The Morgan fingerprint density at radius 1 is 1.28 bits per heavy atom. The van der Waals surface area contributed by atoms with E-state index in [1.807, 2.05) is 18.2 Å². The molecule has 25 heavy (non-hydrogen) atoms. The summed E-state index contributed by atoms with van der Waals surface area (Å²) >= 11 is 3.17. The molecule has 0 aliphatic carbocycles. The number of carbonyl (C=O) groups is 1. The predicted octanol–water partition coefficient (Wildman–Crippen LogP) is 2.90. The van der Waals surface area contributed by atoms with Crippen molar-refractivity contribution in [3.05, 3.63) is 63.6 Å². The lowest BCUT2D eigenvalue weighted by atomic mass is 10.0. The molecule has 0 bridgehead atoms. The van der Waals surface area contributed by atoms with Crippen molar-refractivity contribution < 1.29 is 15.0 Å². The van der Waals surface area contributed by atoms with Gasteiger partial charge in [0.2, 0.25) is 0 Å². The van der Waals surface area contributed by atoms with Gasteiger partial charge in [-0.2, -0.15) is 0 Å². The van der Waals surface area contributed by atoms with E-state index >= 15 is 0 Å². The zero-order valence-corrected chi connectivity index (χ0v) is 15.7. The number of aromatic hydroxyl groups is 1. The highest BCUT2D eigenvalue weighted by Gasteiger charge is 2.17. The lowest BCUT2D eigenvalue weighted by Crippen LogP contribution is -2.31. The van der Waals surface area contributed by atoms with Gasteiger partial charge in [-0.05, 0) is 59.0 Å². The first kappa shape index (κ1) is 19.4. The number of carbonyl (C=O) groups excluding carboxylic acids is 1. The van der Waals surface area contributed by atoms with E-state index in [0.29, 0.717) is 16.6 Å². The Morgan fingerprint density at radius 2 is 1.96 bits per heavy atom. The largest absolute Gasteiger partial charge is 0.506 e. The molecule has 0 saturated carbocycles. The number of phenols is 1. The molecule has 5 N–H and O–H groups in total. The van der Waals surface area contributed by atoms with Gasteiger partial charge in [-0.15, -0.1) is 0 Å². The van der Waals surface area contributed by atoms with Crippen molar-refractivity contribution in [3.8, 4) is 5.75 Å². The molecule has 5 nitrogen and oxygen atoms in total. The second-order valence-electron chi connectivity index (χ2n) is 6.11. The summed E-state index contributed by atoms with van der Waals surface area (Å²) in [6.07, 6.45) is 1.10. The number of benzene rings is 2. The summed E-state index contributed by atoms with van der Waals surface area (Å²) in [5.74, 6) is -0.955. The highest BCUT2D eigenvalue weighted by Crippen LogP contribution is 2.31. The maximum atomic E-state index is 11.4. The molecule has 0 radical (unpaired) electrons. The first-order chi connectivity index (χ1) is 11.9. The van der Waals surface area contributed by atoms with Gasteiger partial charge in [-0.25, -0.2) is 0 Å². The van der Waals surface area contributed by atoms with Crippen LogP contribution in [0.1, 0.15) is 40.9 Å². The summed E-state index contributed by atoms with van der Waals surface area (Å²) in [5.41, 5.74) is 7.04. The highest BCUT2D eigenvalue weighted by molar-refractivity contribution is 9.10. The molecule has 1 unspecified atom stereocenters. The number of aliphatic hydroxyl groups excluding tert-OH is 1. The molecule has 2 atom stereocenters. The van der Waals surface area contributed by atoms with E-state index in [2.05, 4.69) is 40.3 Å². The third kappa shape index (κ3) is 5.56. The number of halogens is 1. The van der Waals surface area contributed by atoms with Gasteiger partial charge in [0.1, 0.15) is 5.75 Å². The Morgan fingerprint density at radius 3 is 2.60 bits per heavy atom. The summed E-state index contributed by atoms with van der Waals surface area (Å²) in [6, 6.07) is 13.5. The van der Waals surface area contributed by atoms with E-state index in [0.717, 1.165) is 12.8 Å². The molecule has 2 rings (SSSR count). The number of hydrogen-bond donors (Lipinski definition) is 4. The zero-order valence-electron chi connectivity index (χ0n) is 14.1. The fourth-order valence-corrected chi connectivity index (χ4v) is 3.04. The molecular weight excluding hydrogens is 384 g/mol. The fourth-order valence-electron chi connectivity index (χ4n) is 2.56. The summed E-state index contributed by atoms with van der Waals surface area (Å²) in [5, 5.41) is 23.5.